The standard InChI is InChI=1S/C19H19NO4S/c1-2-23-19(22)17-15(14-5-3-4-6-16(14)25-17)11-24-13-9-7-12(8-10-13)18(20)21/h3-7,9H,2,8,10-11H2,1H3,(H2,20,21). The van der Waals surface area contributed by atoms with Gasteiger partial charge in [-0.25, -0.2) is 4.79 Å². The van der Waals surface area contributed by atoms with E-state index in [0.717, 1.165) is 21.4 Å². The molecule has 1 amide bonds. The number of primary amides is 1. The van der Waals surface area contributed by atoms with Crippen molar-refractivity contribution in [3.8, 4) is 0 Å². The number of amides is 1. The van der Waals surface area contributed by atoms with Crippen molar-refractivity contribution < 1.29 is 19.1 Å². The third-order valence-electron chi connectivity index (χ3n) is 3.99. The Hall–Kier alpha value is -2.60. The molecular formula is C19H19NO4S. The summed E-state index contributed by atoms with van der Waals surface area (Å²) in [5.41, 5.74) is 6.72. The molecule has 1 aromatic heterocycles. The molecule has 0 radical (unpaired) electrons. The summed E-state index contributed by atoms with van der Waals surface area (Å²) in [7, 11) is 0. The maximum absolute atomic E-state index is 12.3. The number of allylic oxidation sites excluding steroid dienone is 3. The average Bonchev–Trinajstić information content (AvgIpc) is 2.99. The molecule has 130 valence electrons. The Balaban J connectivity index is 1.84. The van der Waals surface area contributed by atoms with Gasteiger partial charge in [-0.1, -0.05) is 24.3 Å². The molecule has 2 N–H and O–H groups in total. The van der Waals surface area contributed by atoms with Crippen LogP contribution in [-0.2, 0) is 20.9 Å². The van der Waals surface area contributed by atoms with Crippen LogP contribution in [0.5, 0.6) is 0 Å². The molecule has 6 heteroatoms. The van der Waals surface area contributed by atoms with Crippen LogP contribution < -0.4 is 5.73 Å². The van der Waals surface area contributed by atoms with Crippen molar-refractivity contribution in [2.24, 2.45) is 5.73 Å². The van der Waals surface area contributed by atoms with E-state index in [2.05, 4.69) is 0 Å². The molecular weight excluding hydrogens is 338 g/mol. The number of carbonyl (C=O) groups excluding carboxylic acids is 2. The van der Waals surface area contributed by atoms with Crippen molar-refractivity contribution >= 4 is 33.3 Å². The van der Waals surface area contributed by atoms with Crippen LogP contribution in [0.25, 0.3) is 10.1 Å². The lowest BCUT2D eigenvalue weighted by Crippen LogP contribution is -2.15. The number of ether oxygens (including phenoxy) is 2. The maximum Gasteiger partial charge on any atom is 0.348 e. The van der Waals surface area contributed by atoms with Gasteiger partial charge in [0.1, 0.15) is 11.5 Å². The first-order valence-electron chi connectivity index (χ1n) is 8.10. The fraction of sp³-hybridized carbons (Fsp3) is 0.263. The van der Waals surface area contributed by atoms with Gasteiger partial charge < -0.3 is 15.2 Å². The molecule has 1 aliphatic rings. The highest BCUT2D eigenvalue weighted by atomic mass is 32.1. The number of fused-ring (bicyclic) bond motifs is 1. The highest BCUT2D eigenvalue weighted by Gasteiger charge is 2.20. The van der Waals surface area contributed by atoms with Crippen molar-refractivity contribution in [1.82, 2.24) is 0 Å². The fourth-order valence-corrected chi connectivity index (χ4v) is 3.81. The second kappa shape index (κ2) is 7.53. The normalized spacial score (nSPS) is 14.0. The predicted molar refractivity (Wildman–Crippen MR) is 97.2 cm³/mol. The number of carbonyl (C=O) groups is 2. The van der Waals surface area contributed by atoms with Gasteiger partial charge in [-0.2, -0.15) is 0 Å². The van der Waals surface area contributed by atoms with E-state index >= 15 is 0 Å². The lowest BCUT2D eigenvalue weighted by atomic mass is 10.0. The molecule has 0 unspecified atom stereocenters. The number of benzene rings is 1. The van der Waals surface area contributed by atoms with Crippen LogP contribution in [0.15, 0.2) is 47.7 Å². The zero-order chi connectivity index (χ0) is 17.8. The number of rotatable bonds is 6. The molecule has 0 saturated carbocycles. The fourth-order valence-electron chi connectivity index (χ4n) is 2.71. The van der Waals surface area contributed by atoms with E-state index in [1.807, 2.05) is 24.3 Å². The first kappa shape index (κ1) is 17.2. The highest BCUT2D eigenvalue weighted by molar-refractivity contribution is 7.21. The summed E-state index contributed by atoms with van der Waals surface area (Å²) in [5.74, 6) is 0.0506. The van der Waals surface area contributed by atoms with Crippen LogP contribution in [0.2, 0.25) is 0 Å². The lowest BCUT2D eigenvalue weighted by Gasteiger charge is -2.14. The minimum atomic E-state index is -0.399. The molecule has 0 saturated heterocycles. The van der Waals surface area contributed by atoms with E-state index in [4.69, 9.17) is 15.2 Å². The van der Waals surface area contributed by atoms with Gasteiger partial charge in [-0.15, -0.1) is 11.3 Å². The summed E-state index contributed by atoms with van der Waals surface area (Å²) in [6.45, 7) is 2.40. The van der Waals surface area contributed by atoms with Gasteiger partial charge in [0.25, 0.3) is 0 Å². The van der Waals surface area contributed by atoms with Crippen LogP contribution in [0.3, 0.4) is 0 Å². The first-order chi connectivity index (χ1) is 12.1. The van der Waals surface area contributed by atoms with E-state index in [1.54, 1.807) is 19.1 Å². The molecule has 2 aromatic rings. The largest absolute Gasteiger partial charge is 0.493 e. The van der Waals surface area contributed by atoms with Crippen molar-refractivity contribution in [1.29, 1.82) is 0 Å². The average molecular weight is 357 g/mol. The second-order valence-corrected chi connectivity index (χ2v) is 6.66. The number of hydrogen-bond donors (Lipinski definition) is 1. The Bertz CT molecular complexity index is 879. The first-order valence-corrected chi connectivity index (χ1v) is 8.91. The summed E-state index contributed by atoms with van der Waals surface area (Å²) in [6.07, 6.45) is 4.64. The molecule has 0 spiro atoms. The Kier molecular flexibility index (Phi) is 5.19. The Morgan fingerprint density at radius 3 is 2.68 bits per heavy atom. The van der Waals surface area contributed by atoms with Crippen LogP contribution in [0.4, 0.5) is 0 Å². The van der Waals surface area contributed by atoms with Gasteiger partial charge in [0.15, 0.2) is 0 Å². The zero-order valence-corrected chi connectivity index (χ0v) is 14.7. The molecule has 1 aliphatic carbocycles. The zero-order valence-electron chi connectivity index (χ0n) is 13.9. The molecule has 0 atom stereocenters. The van der Waals surface area contributed by atoms with E-state index < -0.39 is 5.91 Å². The molecule has 25 heavy (non-hydrogen) atoms. The minimum Gasteiger partial charge on any atom is -0.493 e. The molecule has 0 fully saturated rings. The van der Waals surface area contributed by atoms with Crippen LogP contribution >= 0.6 is 11.3 Å². The summed E-state index contributed by atoms with van der Waals surface area (Å²) in [5, 5.41) is 1.00. The number of nitrogens with two attached hydrogens (primary N) is 1. The third kappa shape index (κ3) is 3.74. The highest BCUT2D eigenvalue weighted by Crippen LogP contribution is 2.33. The van der Waals surface area contributed by atoms with Crippen molar-refractivity contribution in [2.75, 3.05) is 6.61 Å². The molecule has 1 aromatic carbocycles. The molecule has 0 bridgehead atoms. The van der Waals surface area contributed by atoms with Gasteiger partial charge in [-0.3, -0.25) is 4.79 Å². The van der Waals surface area contributed by atoms with Crippen LogP contribution in [0.1, 0.15) is 35.0 Å². The van der Waals surface area contributed by atoms with Crippen LogP contribution in [-0.4, -0.2) is 18.5 Å². The summed E-state index contributed by atoms with van der Waals surface area (Å²) >= 11 is 1.42. The van der Waals surface area contributed by atoms with Gasteiger partial charge in [0, 0.05) is 22.3 Å². The van der Waals surface area contributed by atoms with Crippen molar-refractivity contribution in [3.05, 3.63) is 58.2 Å². The van der Waals surface area contributed by atoms with Gasteiger partial charge >= 0.3 is 5.97 Å². The van der Waals surface area contributed by atoms with E-state index in [-0.39, 0.29) is 12.6 Å². The topological polar surface area (TPSA) is 78.6 Å². The maximum atomic E-state index is 12.3. The molecule has 3 rings (SSSR count). The van der Waals surface area contributed by atoms with Crippen molar-refractivity contribution in [3.63, 3.8) is 0 Å². The smallest absolute Gasteiger partial charge is 0.348 e. The summed E-state index contributed by atoms with van der Waals surface area (Å²) in [4.78, 5) is 24.0. The monoisotopic (exact) mass is 357 g/mol. The van der Waals surface area contributed by atoms with E-state index in [9.17, 15) is 9.59 Å². The van der Waals surface area contributed by atoms with E-state index in [1.165, 1.54) is 11.3 Å². The molecule has 0 aliphatic heterocycles. The summed E-state index contributed by atoms with van der Waals surface area (Å²) in [6, 6.07) is 7.84. The number of hydrogen-bond acceptors (Lipinski definition) is 5. The summed E-state index contributed by atoms with van der Waals surface area (Å²) < 4.78 is 12.1. The van der Waals surface area contributed by atoms with Gasteiger partial charge in [-0.05, 0) is 30.9 Å². The minimum absolute atomic E-state index is 0.281. The Morgan fingerprint density at radius 1 is 1.20 bits per heavy atom. The Labute approximate surface area is 149 Å². The number of esters is 1. The van der Waals surface area contributed by atoms with Gasteiger partial charge in [0.2, 0.25) is 5.91 Å². The molecule has 5 nitrogen and oxygen atoms in total. The quantitative estimate of drug-likeness (QED) is 0.800. The van der Waals surface area contributed by atoms with E-state index in [0.29, 0.717) is 29.9 Å². The number of thiophene rings is 1. The van der Waals surface area contributed by atoms with Crippen molar-refractivity contribution in [2.45, 2.75) is 26.4 Å². The van der Waals surface area contributed by atoms with Gasteiger partial charge in [0.05, 0.1) is 12.4 Å². The Morgan fingerprint density at radius 2 is 2.00 bits per heavy atom. The SMILES string of the molecule is CCOC(=O)c1sc2ccccc2c1COC1=CC=C(C(N)=O)CC1. The second-order valence-electron chi connectivity index (χ2n) is 5.60. The molecule has 1 heterocycles. The lowest BCUT2D eigenvalue weighted by molar-refractivity contribution is -0.114. The van der Waals surface area contributed by atoms with Crippen LogP contribution in [0, 0.1) is 0 Å². The predicted octanol–water partition coefficient (Wildman–Crippen LogP) is 3.68. The third-order valence-corrected chi connectivity index (χ3v) is 5.18.